The van der Waals surface area contributed by atoms with Crippen LogP contribution in [0.3, 0.4) is 0 Å². The van der Waals surface area contributed by atoms with Gasteiger partial charge in [0.1, 0.15) is 5.75 Å². The molecule has 0 aromatic heterocycles. The quantitative estimate of drug-likeness (QED) is 0.866. The molecule has 1 aliphatic rings. The Hall–Kier alpha value is -2.07. The minimum atomic E-state index is -0.385. The van der Waals surface area contributed by atoms with Gasteiger partial charge in [-0.1, -0.05) is 30.3 Å². The van der Waals surface area contributed by atoms with Gasteiger partial charge in [-0.15, -0.1) is 0 Å². The highest BCUT2D eigenvalue weighted by atomic mass is 16.6. The summed E-state index contributed by atoms with van der Waals surface area (Å²) < 4.78 is 5.31. The maximum absolute atomic E-state index is 11.7. The molecule has 19 heavy (non-hydrogen) atoms. The van der Waals surface area contributed by atoms with E-state index in [-0.39, 0.29) is 12.1 Å². The van der Waals surface area contributed by atoms with E-state index in [4.69, 9.17) is 4.74 Å². The van der Waals surface area contributed by atoms with Crippen LogP contribution in [0.15, 0.2) is 42.5 Å². The molecule has 2 aromatic rings. The lowest BCUT2D eigenvalue weighted by Crippen LogP contribution is -2.38. The van der Waals surface area contributed by atoms with Crippen molar-refractivity contribution < 1.29 is 9.53 Å². The normalized spacial score (nSPS) is 18.4. The van der Waals surface area contributed by atoms with Crippen LogP contribution in [0.1, 0.15) is 6.42 Å². The first-order valence-corrected chi connectivity index (χ1v) is 6.49. The molecule has 0 aliphatic carbocycles. The molecule has 1 fully saturated rings. The molecule has 4 nitrogen and oxygen atoms in total. The fourth-order valence-corrected chi connectivity index (χ4v) is 2.31. The van der Waals surface area contributed by atoms with Crippen molar-refractivity contribution in [1.29, 1.82) is 0 Å². The van der Waals surface area contributed by atoms with Gasteiger partial charge >= 0.3 is 6.09 Å². The third kappa shape index (κ3) is 2.85. The third-order valence-corrected chi connectivity index (χ3v) is 3.31. The van der Waals surface area contributed by atoms with E-state index in [2.05, 4.69) is 10.6 Å². The first-order valence-electron chi connectivity index (χ1n) is 6.49. The minimum absolute atomic E-state index is 0.174. The number of carbonyl (C=O) groups excluding carboxylic acids is 1. The van der Waals surface area contributed by atoms with Gasteiger partial charge in [0.05, 0.1) is 0 Å². The summed E-state index contributed by atoms with van der Waals surface area (Å²) in [6.45, 7) is 1.76. The van der Waals surface area contributed by atoms with Crippen molar-refractivity contribution >= 4 is 16.9 Å². The second-order valence-corrected chi connectivity index (χ2v) is 4.73. The van der Waals surface area contributed by atoms with Crippen molar-refractivity contribution in [3.05, 3.63) is 42.5 Å². The molecule has 1 heterocycles. The minimum Gasteiger partial charge on any atom is -0.410 e. The van der Waals surface area contributed by atoms with E-state index in [1.54, 1.807) is 0 Å². The Balaban J connectivity index is 1.68. The topological polar surface area (TPSA) is 50.4 Å². The average Bonchev–Trinajstić information content (AvgIpc) is 2.91. The van der Waals surface area contributed by atoms with Gasteiger partial charge in [0.25, 0.3) is 0 Å². The lowest BCUT2D eigenvalue weighted by molar-refractivity contribution is 0.197. The predicted molar refractivity (Wildman–Crippen MR) is 74.4 cm³/mol. The van der Waals surface area contributed by atoms with Crippen molar-refractivity contribution in [2.45, 2.75) is 12.5 Å². The average molecular weight is 256 g/mol. The molecule has 1 atom stereocenters. The van der Waals surface area contributed by atoms with E-state index in [0.717, 1.165) is 30.3 Å². The summed E-state index contributed by atoms with van der Waals surface area (Å²) >= 11 is 0. The monoisotopic (exact) mass is 256 g/mol. The highest BCUT2D eigenvalue weighted by Crippen LogP contribution is 2.20. The lowest BCUT2D eigenvalue weighted by Gasteiger charge is -2.11. The van der Waals surface area contributed by atoms with Crippen LogP contribution in [0.25, 0.3) is 10.8 Å². The third-order valence-electron chi connectivity index (χ3n) is 3.31. The van der Waals surface area contributed by atoms with E-state index in [0.29, 0.717) is 5.75 Å². The zero-order valence-corrected chi connectivity index (χ0v) is 10.6. The number of benzene rings is 2. The van der Waals surface area contributed by atoms with Crippen LogP contribution in [0.4, 0.5) is 4.79 Å². The smallest absolute Gasteiger partial charge is 0.410 e. The van der Waals surface area contributed by atoms with Gasteiger partial charge in [-0.05, 0) is 35.9 Å². The molecule has 0 bridgehead atoms. The Labute approximate surface area is 111 Å². The second-order valence-electron chi connectivity index (χ2n) is 4.73. The van der Waals surface area contributed by atoms with Crippen molar-refractivity contribution in [2.24, 2.45) is 0 Å². The SMILES string of the molecule is O=C(NC1CCNC1)Oc1ccc2ccccc2c1. The standard InChI is InChI=1S/C15H16N2O2/c18-15(17-13-7-8-16-10-13)19-14-6-5-11-3-1-2-4-12(11)9-14/h1-6,9,13,16H,7-8,10H2,(H,17,18). The highest BCUT2D eigenvalue weighted by Gasteiger charge is 2.17. The Kier molecular flexibility index (Phi) is 3.33. The van der Waals surface area contributed by atoms with Gasteiger partial charge in [-0.3, -0.25) is 0 Å². The highest BCUT2D eigenvalue weighted by molar-refractivity contribution is 5.84. The van der Waals surface area contributed by atoms with Gasteiger partial charge < -0.3 is 15.4 Å². The summed E-state index contributed by atoms with van der Waals surface area (Å²) in [4.78, 5) is 11.7. The molecule has 1 unspecified atom stereocenters. The van der Waals surface area contributed by atoms with E-state index < -0.39 is 0 Å². The number of hydrogen-bond donors (Lipinski definition) is 2. The number of hydrogen-bond acceptors (Lipinski definition) is 3. The van der Waals surface area contributed by atoms with Crippen LogP contribution >= 0.6 is 0 Å². The fraction of sp³-hybridized carbons (Fsp3) is 0.267. The van der Waals surface area contributed by atoms with E-state index in [9.17, 15) is 4.79 Å². The second kappa shape index (κ2) is 5.28. The molecule has 0 spiro atoms. The van der Waals surface area contributed by atoms with Crippen LogP contribution in [-0.2, 0) is 0 Å². The number of carbonyl (C=O) groups is 1. The first kappa shape index (κ1) is 12.0. The molecule has 1 aliphatic heterocycles. The summed E-state index contributed by atoms with van der Waals surface area (Å²) in [5, 5.41) is 8.25. The van der Waals surface area contributed by atoms with Crippen LogP contribution in [0.2, 0.25) is 0 Å². The van der Waals surface area contributed by atoms with Gasteiger partial charge in [0.2, 0.25) is 0 Å². The molecule has 1 saturated heterocycles. The zero-order chi connectivity index (χ0) is 13.1. The molecule has 0 saturated carbocycles. The van der Waals surface area contributed by atoms with Crippen LogP contribution in [0.5, 0.6) is 5.75 Å². The number of fused-ring (bicyclic) bond motifs is 1. The van der Waals surface area contributed by atoms with Crippen molar-refractivity contribution in [1.82, 2.24) is 10.6 Å². The molecular formula is C15H16N2O2. The number of amides is 1. The van der Waals surface area contributed by atoms with Gasteiger partial charge in [-0.2, -0.15) is 0 Å². The Morgan fingerprint density at radius 2 is 2.05 bits per heavy atom. The fourth-order valence-electron chi connectivity index (χ4n) is 2.31. The first-order chi connectivity index (χ1) is 9.31. The van der Waals surface area contributed by atoms with E-state index in [1.165, 1.54) is 0 Å². The molecule has 3 rings (SSSR count). The number of ether oxygens (including phenoxy) is 1. The lowest BCUT2D eigenvalue weighted by atomic mass is 10.1. The summed E-state index contributed by atoms with van der Waals surface area (Å²) in [5.41, 5.74) is 0. The summed E-state index contributed by atoms with van der Waals surface area (Å²) in [5.74, 6) is 0.571. The molecule has 2 N–H and O–H groups in total. The molecule has 98 valence electrons. The largest absolute Gasteiger partial charge is 0.412 e. The van der Waals surface area contributed by atoms with Gasteiger partial charge in [0.15, 0.2) is 0 Å². The van der Waals surface area contributed by atoms with Gasteiger partial charge in [0, 0.05) is 12.6 Å². The van der Waals surface area contributed by atoms with Crippen molar-refractivity contribution in [2.75, 3.05) is 13.1 Å². The predicted octanol–water partition coefficient (Wildman–Crippen LogP) is 2.29. The number of rotatable bonds is 2. The van der Waals surface area contributed by atoms with Crippen molar-refractivity contribution in [3.8, 4) is 5.75 Å². The Morgan fingerprint density at radius 3 is 2.84 bits per heavy atom. The molecular weight excluding hydrogens is 240 g/mol. The van der Waals surface area contributed by atoms with Crippen molar-refractivity contribution in [3.63, 3.8) is 0 Å². The van der Waals surface area contributed by atoms with Crippen LogP contribution in [0, 0.1) is 0 Å². The summed E-state index contributed by atoms with van der Waals surface area (Å²) in [6, 6.07) is 13.8. The van der Waals surface area contributed by atoms with Gasteiger partial charge in [-0.25, -0.2) is 4.79 Å². The maximum Gasteiger partial charge on any atom is 0.412 e. The summed E-state index contributed by atoms with van der Waals surface area (Å²) in [6.07, 6.45) is 0.566. The van der Waals surface area contributed by atoms with E-state index >= 15 is 0 Å². The van der Waals surface area contributed by atoms with Crippen LogP contribution in [-0.4, -0.2) is 25.2 Å². The number of nitrogens with one attached hydrogen (secondary N) is 2. The van der Waals surface area contributed by atoms with Crippen LogP contribution < -0.4 is 15.4 Å². The Morgan fingerprint density at radius 1 is 1.21 bits per heavy atom. The molecule has 1 amide bonds. The Bertz CT molecular complexity index is 591. The van der Waals surface area contributed by atoms with E-state index in [1.807, 2.05) is 42.5 Å². The maximum atomic E-state index is 11.7. The molecule has 0 radical (unpaired) electrons. The zero-order valence-electron chi connectivity index (χ0n) is 10.6. The summed E-state index contributed by atoms with van der Waals surface area (Å²) in [7, 11) is 0. The molecule has 4 heteroatoms. The molecule has 2 aromatic carbocycles.